The Hall–Kier alpha value is -2.81. The summed E-state index contributed by atoms with van der Waals surface area (Å²) in [7, 11) is -4.08. The van der Waals surface area contributed by atoms with E-state index in [2.05, 4.69) is 0 Å². The van der Waals surface area contributed by atoms with E-state index in [0.29, 0.717) is 22.4 Å². The number of halogens is 4. The summed E-state index contributed by atoms with van der Waals surface area (Å²) in [6, 6.07) is 14.2. The molecule has 2 atom stereocenters. The number of fused-ring (bicyclic) bond motifs is 1. The highest BCUT2D eigenvalue weighted by Crippen LogP contribution is 2.43. The molecule has 4 nitrogen and oxygen atoms in total. The molecule has 36 heavy (non-hydrogen) atoms. The van der Waals surface area contributed by atoms with E-state index in [1.165, 1.54) is 30.3 Å². The second-order valence-corrected chi connectivity index (χ2v) is 11.4. The average Bonchev–Trinajstić information content (AvgIpc) is 2.82. The first-order valence-corrected chi connectivity index (χ1v) is 13.2. The topological polar surface area (TPSA) is 69.4 Å². The van der Waals surface area contributed by atoms with Crippen molar-refractivity contribution in [3.8, 4) is 5.75 Å². The van der Waals surface area contributed by atoms with Crippen LogP contribution in [-0.2, 0) is 15.8 Å². The number of benzene rings is 3. The molecule has 2 N–H and O–H groups in total. The van der Waals surface area contributed by atoms with E-state index in [1.807, 2.05) is 0 Å². The van der Waals surface area contributed by atoms with Crippen molar-refractivity contribution in [3.63, 3.8) is 0 Å². The molecule has 1 aliphatic rings. The van der Waals surface area contributed by atoms with Crippen LogP contribution in [0.5, 0.6) is 5.75 Å². The largest absolute Gasteiger partial charge is 0.489 e. The van der Waals surface area contributed by atoms with Crippen LogP contribution in [0.4, 0.5) is 13.2 Å². The van der Waals surface area contributed by atoms with Gasteiger partial charge < -0.3 is 10.5 Å². The van der Waals surface area contributed by atoms with Gasteiger partial charge in [0, 0.05) is 36.6 Å². The van der Waals surface area contributed by atoms with Gasteiger partial charge in [0.1, 0.15) is 17.7 Å². The zero-order valence-electron chi connectivity index (χ0n) is 19.6. The quantitative estimate of drug-likeness (QED) is 0.353. The molecule has 0 amide bonds. The van der Waals surface area contributed by atoms with E-state index in [-0.39, 0.29) is 34.0 Å². The predicted octanol–water partition coefficient (Wildman–Crippen LogP) is 6.78. The lowest BCUT2D eigenvalue weighted by atomic mass is 9.97. The van der Waals surface area contributed by atoms with Crippen molar-refractivity contribution >= 4 is 33.1 Å². The molecular weight excluding hydrogens is 511 g/mol. The summed E-state index contributed by atoms with van der Waals surface area (Å²) in [5, 5.41) is -0.815. The van der Waals surface area contributed by atoms with Crippen LogP contribution in [0.25, 0.3) is 11.6 Å². The molecule has 0 fully saturated rings. The molecule has 0 bridgehead atoms. The van der Waals surface area contributed by atoms with Gasteiger partial charge in [0.05, 0.1) is 15.2 Å². The Morgan fingerprint density at radius 3 is 2.56 bits per heavy atom. The summed E-state index contributed by atoms with van der Waals surface area (Å²) in [6.07, 6.45) is 1.19. The molecule has 0 radical (unpaired) electrons. The minimum atomic E-state index is -4.08. The summed E-state index contributed by atoms with van der Waals surface area (Å²) >= 11 is 6.19. The maximum absolute atomic E-state index is 14.4. The highest BCUT2D eigenvalue weighted by molar-refractivity contribution is 7.91. The first-order chi connectivity index (χ1) is 16.9. The molecule has 3 aromatic rings. The number of hydrogen-bond acceptors (Lipinski definition) is 4. The van der Waals surface area contributed by atoms with Gasteiger partial charge in [-0.3, -0.25) is 0 Å². The normalized spacial score (nSPS) is 18.5. The summed E-state index contributed by atoms with van der Waals surface area (Å²) in [5.41, 5.74) is 7.19. The SMILES string of the molecule is CC(=Cc1ccc2c(c1)C(S(=O)(=O)c1cccc(C(C)(F)F)c1)CC(CN)O2)c1c(F)cccc1Cl. The van der Waals surface area contributed by atoms with Crippen LogP contribution in [-0.4, -0.2) is 21.1 Å². The molecule has 1 aliphatic heterocycles. The Morgan fingerprint density at radius 1 is 1.17 bits per heavy atom. The summed E-state index contributed by atoms with van der Waals surface area (Å²) < 4.78 is 75.5. The molecule has 0 aliphatic carbocycles. The zero-order chi connectivity index (χ0) is 26.3. The fourth-order valence-electron chi connectivity index (χ4n) is 4.35. The minimum Gasteiger partial charge on any atom is -0.489 e. The van der Waals surface area contributed by atoms with Crippen molar-refractivity contribution in [1.82, 2.24) is 0 Å². The Labute approximate surface area is 213 Å². The Bertz CT molecular complexity index is 1410. The van der Waals surface area contributed by atoms with Crippen LogP contribution in [0.15, 0.2) is 65.6 Å². The van der Waals surface area contributed by atoms with Gasteiger partial charge >= 0.3 is 0 Å². The molecule has 2 unspecified atom stereocenters. The molecule has 9 heteroatoms. The molecule has 4 rings (SSSR count). The Kier molecular flexibility index (Phi) is 7.23. The van der Waals surface area contributed by atoms with Crippen LogP contribution in [0.3, 0.4) is 0 Å². The number of hydrogen-bond donors (Lipinski definition) is 1. The van der Waals surface area contributed by atoms with Crippen LogP contribution in [0.2, 0.25) is 5.02 Å². The third kappa shape index (κ3) is 5.16. The minimum absolute atomic E-state index is 0.0594. The van der Waals surface area contributed by atoms with Gasteiger partial charge in [0.15, 0.2) is 9.84 Å². The second-order valence-electron chi connectivity index (χ2n) is 8.88. The third-order valence-corrected chi connectivity index (χ3v) is 8.62. The molecule has 190 valence electrons. The molecule has 0 saturated heterocycles. The average molecular weight is 536 g/mol. The lowest BCUT2D eigenvalue weighted by Crippen LogP contribution is -2.35. The van der Waals surface area contributed by atoms with Crippen LogP contribution in [0.1, 0.15) is 47.8 Å². The van der Waals surface area contributed by atoms with Gasteiger partial charge in [-0.2, -0.15) is 0 Å². The maximum Gasteiger partial charge on any atom is 0.270 e. The van der Waals surface area contributed by atoms with E-state index >= 15 is 0 Å². The Morgan fingerprint density at radius 2 is 1.89 bits per heavy atom. The van der Waals surface area contributed by atoms with Crippen molar-refractivity contribution in [2.45, 2.75) is 42.4 Å². The van der Waals surface area contributed by atoms with Crippen molar-refractivity contribution in [1.29, 1.82) is 0 Å². The second kappa shape index (κ2) is 9.92. The standard InChI is InChI=1S/C27H25ClF3NO3S/c1-16(26-22(28)7-4-8-23(26)29)11-17-9-10-24-21(12-17)25(14-19(15-32)35-24)36(33,34)20-6-3-5-18(13-20)27(2,30)31/h3-13,19,25H,14-15,32H2,1-2H3. The summed E-state index contributed by atoms with van der Waals surface area (Å²) in [6.45, 7) is 2.51. The lowest BCUT2D eigenvalue weighted by Gasteiger charge is -2.32. The number of sulfone groups is 1. The number of nitrogens with two attached hydrogens (primary N) is 1. The number of allylic oxidation sites excluding steroid dienone is 1. The lowest BCUT2D eigenvalue weighted by molar-refractivity contribution is 0.0172. The van der Waals surface area contributed by atoms with Gasteiger partial charge in [-0.1, -0.05) is 41.9 Å². The maximum atomic E-state index is 14.4. The monoisotopic (exact) mass is 535 g/mol. The van der Waals surface area contributed by atoms with Crippen molar-refractivity contribution < 1.29 is 26.3 Å². The van der Waals surface area contributed by atoms with Crippen molar-refractivity contribution in [2.24, 2.45) is 5.73 Å². The van der Waals surface area contributed by atoms with E-state index < -0.39 is 32.9 Å². The van der Waals surface area contributed by atoms with E-state index in [1.54, 1.807) is 37.3 Å². The summed E-state index contributed by atoms with van der Waals surface area (Å²) in [5.74, 6) is -3.32. The Balaban J connectivity index is 1.80. The first-order valence-electron chi connectivity index (χ1n) is 11.3. The van der Waals surface area contributed by atoms with E-state index in [4.69, 9.17) is 22.1 Å². The van der Waals surface area contributed by atoms with Crippen molar-refractivity contribution in [3.05, 3.63) is 93.8 Å². The molecular formula is C27H25ClF3NO3S. The molecule has 1 heterocycles. The molecule has 0 spiro atoms. The number of ether oxygens (including phenoxy) is 1. The smallest absolute Gasteiger partial charge is 0.270 e. The molecule has 0 aromatic heterocycles. The van der Waals surface area contributed by atoms with E-state index in [9.17, 15) is 21.6 Å². The van der Waals surface area contributed by atoms with Crippen LogP contribution < -0.4 is 10.5 Å². The van der Waals surface area contributed by atoms with Crippen LogP contribution >= 0.6 is 11.6 Å². The fourth-order valence-corrected chi connectivity index (χ4v) is 6.54. The first kappa shape index (κ1) is 26.3. The molecule has 0 saturated carbocycles. The van der Waals surface area contributed by atoms with Gasteiger partial charge in [-0.05, 0) is 54.5 Å². The number of rotatable bonds is 6. The van der Waals surface area contributed by atoms with Gasteiger partial charge in [-0.25, -0.2) is 21.6 Å². The van der Waals surface area contributed by atoms with Gasteiger partial charge in [-0.15, -0.1) is 0 Å². The predicted molar refractivity (Wildman–Crippen MR) is 135 cm³/mol. The fraction of sp³-hybridized carbons (Fsp3) is 0.259. The summed E-state index contributed by atoms with van der Waals surface area (Å²) in [4.78, 5) is -0.203. The molecule has 3 aromatic carbocycles. The number of alkyl halides is 2. The van der Waals surface area contributed by atoms with Gasteiger partial charge in [0.25, 0.3) is 5.92 Å². The third-order valence-electron chi connectivity index (χ3n) is 6.20. The highest BCUT2D eigenvalue weighted by atomic mass is 35.5. The van der Waals surface area contributed by atoms with Gasteiger partial charge in [0.2, 0.25) is 0 Å². The van der Waals surface area contributed by atoms with Crippen molar-refractivity contribution in [2.75, 3.05) is 6.54 Å². The van der Waals surface area contributed by atoms with E-state index in [0.717, 1.165) is 13.0 Å². The van der Waals surface area contributed by atoms with Crippen LogP contribution in [0, 0.1) is 5.82 Å². The zero-order valence-corrected chi connectivity index (χ0v) is 21.2. The highest BCUT2D eigenvalue weighted by Gasteiger charge is 2.38.